The molecule has 0 aliphatic carbocycles. The molecular formula is C15H21Cl3N2O. The molecule has 118 valence electrons. The number of alkyl halides is 3. The number of nitrogens with one attached hydrogen (secondary N) is 2. The van der Waals surface area contributed by atoms with Crippen LogP contribution >= 0.6 is 34.8 Å². The second-order valence-corrected chi connectivity index (χ2v) is 7.97. The molecule has 0 bridgehead atoms. The van der Waals surface area contributed by atoms with E-state index in [2.05, 4.69) is 10.6 Å². The summed E-state index contributed by atoms with van der Waals surface area (Å²) in [7, 11) is 0. The molecule has 0 saturated carbocycles. The van der Waals surface area contributed by atoms with Crippen LogP contribution < -0.4 is 10.6 Å². The Labute approximate surface area is 141 Å². The van der Waals surface area contributed by atoms with Crippen LogP contribution in [-0.2, 0) is 4.79 Å². The number of halogens is 3. The van der Waals surface area contributed by atoms with Crippen molar-refractivity contribution in [3.05, 3.63) is 29.3 Å². The Bertz CT molecular complexity index is 498. The standard InChI is InChI=1S/C15H21Cl3N2O/c1-9(2)7-13(21)20-14(15(16,17)18)19-12-8-10(3)5-6-11(12)4/h5-6,8-9,14,19H,7H2,1-4H3,(H,20,21)/t14-/m0/s1. The van der Waals surface area contributed by atoms with Gasteiger partial charge >= 0.3 is 0 Å². The van der Waals surface area contributed by atoms with Gasteiger partial charge in [0, 0.05) is 12.1 Å². The van der Waals surface area contributed by atoms with Crippen LogP contribution in [0.1, 0.15) is 31.4 Å². The summed E-state index contributed by atoms with van der Waals surface area (Å²) in [5.74, 6) is 0.0841. The van der Waals surface area contributed by atoms with Gasteiger partial charge in [-0.1, -0.05) is 60.8 Å². The van der Waals surface area contributed by atoms with E-state index >= 15 is 0 Å². The first kappa shape index (κ1) is 18.4. The highest BCUT2D eigenvalue weighted by Gasteiger charge is 2.34. The number of hydrogen-bond acceptors (Lipinski definition) is 2. The molecule has 0 aliphatic heterocycles. The van der Waals surface area contributed by atoms with Crippen molar-refractivity contribution in [2.24, 2.45) is 5.92 Å². The molecule has 21 heavy (non-hydrogen) atoms. The molecule has 1 amide bonds. The van der Waals surface area contributed by atoms with Crippen molar-refractivity contribution in [1.29, 1.82) is 0 Å². The van der Waals surface area contributed by atoms with Crippen LogP contribution in [0.4, 0.5) is 5.69 Å². The number of amides is 1. The fourth-order valence-electron chi connectivity index (χ4n) is 1.84. The highest BCUT2D eigenvalue weighted by Crippen LogP contribution is 2.32. The average molecular weight is 352 g/mol. The van der Waals surface area contributed by atoms with Crippen LogP contribution in [0.5, 0.6) is 0 Å². The van der Waals surface area contributed by atoms with E-state index in [4.69, 9.17) is 34.8 Å². The van der Waals surface area contributed by atoms with E-state index < -0.39 is 9.96 Å². The SMILES string of the molecule is Cc1ccc(C)c(N[C@@H](NC(=O)CC(C)C)C(Cl)(Cl)Cl)c1. The monoisotopic (exact) mass is 350 g/mol. The number of rotatable bonds is 5. The molecule has 0 saturated heterocycles. The van der Waals surface area contributed by atoms with Crippen molar-refractivity contribution in [3.8, 4) is 0 Å². The summed E-state index contributed by atoms with van der Waals surface area (Å²) in [6, 6.07) is 5.93. The zero-order chi connectivity index (χ0) is 16.2. The van der Waals surface area contributed by atoms with Gasteiger partial charge in [-0.3, -0.25) is 4.79 Å². The Balaban J connectivity index is 2.89. The molecule has 1 rings (SSSR count). The summed E-state index contributed by atoms with van der Waals surface area (Å²) in [5.41, 5.74) is 2.92. The Morgan fingerprint density at radius 1 is 1.24 bits per heavy atom. The fraction of sp³-hybridized carbons (Fsp3) is 0.533. The molecule has 6 heteroatoms. The van der Waals surface area contributed by atoms with Crippen molar-refractivity contribution < 1.29 is 4.79 Å². The normalized spacial score (nSPS) is 13.1. The van der Waals surface area contributed by atoms with Crippen LogP contribution in [0.15, 0.2) is 18.2 Å². The summed E-state index contributed by atoms with van der Waals surface area (Å²) >= 11 is 17.9. The molecule has 0 fully saturated rings. The Hall–Kier alpha value is -0.640. The summed E-state index contributed by atoms with van der Waals surface area (Å²) in [4.78, 5) is 11.9. The zero-order valence-corrected chi connectivity index (χ0v) is 14.9. The zero-order valence-electron chi connectivity index (χ0n) is 12.6. The van der Waals surface area contributed by atoms with Gasteiger partial charge in [-0.2, -0.15) is 0 Å². The van der Waals surface area contributed by atoms with E-state index in [-0.39, 0.29) is 11.8 Å². The highest BCUT2D eigenvalue weighted by molar-refractivity contribution is 6.68. The first-order valence-corrected chi connectivity index (χ1v) is 7.93. The lowest BCUT2D eigenvalue weighted by molar-refractivity contribution is -0.122. The summed E-state index contributed by atoms with van der Waals surface area (Å²) in [5, 5.41) is 5.84. The van der Waals surface area contributed by atoms with Gasteiger partial charge in [0.25, 0.3) is 0 Å². The Morgan fingerprint density at radius 3 is 2.38 bits per heavy atom. The molecule has 1 aromatic carbocycles. The van der Waals surface area contributed by atoms with Gasteiger partial charge in [0.2, 0.25) is 9.70 Å². The predicted octanol–water partition coefficient (Wildman–Crippen LogP) is 4.57. The van der Waals surface area contributed by atoms with Crippen molar-refractivity contribution >= 4 is 46.4 Å². The van der Waals surface area contributed by atoms with Crippen molar-refractivity contribution in [3.63, 3.8) is 0 Å². The van der Waals surface area contributed by atoms with Gasteiger partial charge in [0.1, 0.15) is 6.17 Å². The van der Waals surface area contributed by atoms with E-state index in [0.717, 1.165) is 16.8 Å². The number of anilines is 1. The molecule has 0 unspecified atom stereocenters. The van der Waals surface area contributed by atoms with Gasteiger partial charge < -0.3 is 10.6 Å². The van der Waals surface area contributed by atoms with Crippen LogP contribution in [0.3, 0.4) is 0 Å². The minimum absolute atomic E-state index is 0.154. The van der Waals surface area contributed by atoms with Gasteiger partial charge in [0.15, 0.2) is 0 Å². The molecule has 3 nitrogen and oxygen atoms in total. The second-order valence-electron chi connectivity index (χ2n) is 5.60. The van der Waals surface area contributed by atoms with Gasteiger partial charge in [-0.25, -0.2) is 0 Å². The third-order valence-corrected chi connectivity index (χ3v) is 3.57. The minimum atomic E-state index is -1.65. The van der Waals surface area contributed by atoms with Gasteiger partial charge in [0.05, 0.1) is 0 Å². The van der Waals surface area contributed by atoms with E-state index in [1.807, 2.05) is 45.9 Å². The smallest absolute Gasteiger partial charge is 0.228 e. The van der Waals surface area contributed by atoms with Crippen LogP contribution in [-0.4, -0.2) is 15.9 Å². The third kappa shape index (κ3) is 6.33. The molecule has 0 heterocycles. The molecule has 0 aliphatic rings. The Morgan fingerprint density at radius 2 is 1.86 bits per heavy atom. The average Bonchev–Trinajstić information content (AvgIpc) is 2.30. The van der Waals surface area contributed by atoms with E-state index in [9.17, 15) is 4.79 Å². The topological polar surface area (TPSA) is 41.1 Å². The quantitative estimate of drug-likeness (QED) is 0.602. The predicted molar refractivity (Wildman–Crippen MR) is 91.2 cm³/mol. The van der Waals surface area contributed by atoms with E-state index in [1.165, 1.54) is 0 Å². The number of aryl methyl sites for hydroxylation is 2. The molecule has 0 spiro atoms. The maximum atomic E-state index is 11.9. The fourth-order valence-corrected chi connectivity index (χ4v) is 2.16. The first-order chi connectivity index (χ1) is 9.59. The second kappa shape index (κ2) is 7.57. The van der Waals surface area contributed by atoms with Crippen LogP contribution in [0.25, 0.3) is 0 Å². The van der Waals surface area contributed by atoms with Crippen LogP contribution in [0.2, 0.25) is 0 Å². The third-order valence-electron chi connectivity index (χ3n) is 2.92. The van der Waals surface area contributed by atoms with E-state index in [0.29, 0.717) is 6.42 Å². The summed E-state index contributed by atoms with van der Waals surface area (Å²) in [6.45, 7) is 7.85. The lowest BCUT2D eigenvalue weighted by atomic mass is 10.1. The van der Waals surface area contributed by atoms with Crippen molar-refractivity contribution in [1.82, 2.24) is 5.32 Å². The molecule has 2 N–H and O–H groups in total. The van der Waals surface area contributed by atoms with Crippen LogP contribution in [0, 0.1) is 19.8 Å². The van der Waals surface area contributed by atoms with Crippen molar-refractivity contribution in [2.45, 2.75) is 44.1 Å². The molecule has 0 radical (unpaired) electrons. The number of carbonyl (C=O) groups is 1. The number of carbonyl (C=O) groups excluding carboxylic acids is 1. The summed E-state index contributed by atoms with van der Waals surface area (Å²) in [6.07, 6.45) is -0.416. The lowest BCUT2D eigenvalue weighted by Crippen LogP contribution is -2.49. The molecule has 0 aromatic heterocycles. The Kier molecular flexibility index (Phi) is 6.64. The van der Waals surface area contributed by atoms with E-state index in [1.54, 1.807) is 0 Å². The largest absolute Gasteiger partial charge is 0.362 e. The highest BCUT2D eigenvalue weighted by atomic mass is 35.6. The molecule has 1 aromatic rings. The first-order valence-electron chi connectivity index (χ1n) is 6.79. The van der Waals surface area contributed by atoms with Gasteiger partial charge in [-0.05, 0) is 37.0 Å². The number of benzene rings is 1. The molecule has 1 atom stereocenters. The lowest BCUT2D eigenvalue weighted by Gasteiger charge is -2.28. The minimum Gasteiger partial charge on any atom is -0.362 e. The summed E-state index contributed by atoms with van der Waals surface area (Å²) < 4.78 is -1.65. The molecular weight excluding hydrogens is 331 g/mol. The number of hydrogen-bond donors (Lipinski definition) is 2. The van der Waals surface area contributed by atoms with Gasteiger partial charge in [-0.15, -0.1) is 0 Å². The maximum absolute atomic E-state index is 11.9. The maximum Gasteiger partial charge on any atom is 0.228 e. The van der Waals surface area contributed by atoms with Crippen molar-refractivity contribution in [2.75, 3.05) is 5.32 Å².